The van der Waals surface area contributed by atoms with Gasteiger partial charge in [0.2, 0.25) is 11.6 Å². The zero-order valence-electron chi connectivity index (χ0n) is 7.56. The number of hydrogen-bond donors (Lipinski definition) is 2. The Hall–Kier alpha value is -2.05. The zero-order valence-corrected chi connectivity index (χ0v) is 7.56. The molecule has 0 aromatic carbocycles. The Kier molecular flexibility index (Phi) is 2.70. The fourth-order valence-electron chi connectivity index (χ4n) is 1.00. The van der Waals surface area contributed by atoms with Crippen molar-refractivity contribution < 1.29 is 9.66 Å². The van der Waals surface area contributed by atoms with Gasteiger partial charge in [0.25, 0.3) is 0 Å². The van der Waals surface area contributed by atoms with E-state index in [9.17, 15) is 10.1 Å². The third kappa shape index (κ3) is 1.82. The standard InChI is InChI=1S/C7H10N4O3/c1-2-14-4-3-5(8)10-7(9)6(4)11(12)13/h3H,2H2,1H3,(H4,8,9,10). The van der Waals surface area contributed by atoms with Crippen LogP contribution in [0.5, 0.6) is 5.75 Å². The molecule has 14 heavy (non-hydrogen) atoms. The second-order valence-electron chi connectivity index (χ2n) is 2.47. The van der Waals surface area contributed by atoms with Crippen LogP contribution in [0.2, 0.25) is 0 Å². The van der Waals surface area contributed by atoms with Crippen molar-refractivity contribution in [1.82, 2.24) is 4.98 Å². The van der Waals surface area contributed by atoms with Crippen LogP contribution < -0.4 is 16.2 Å². The topological polar surface area (TPSA) is 117 Å². The van der Waals surface area contributed by atoms with Gasteiger partial charge >= 0.3 is 5.69 Å². The van der Waals surface area contributed by atoms with Crippen LogP contribution in [0.4, 0.5) is 17.3 Å². The molecule has 0 fully saturated rings. The number of nitrogens with two attached hydrogens (primary N) is 2. The molecule has 0 spiro atoms. The summed E-state index contributed by atoms with van der Waals surface area (Å²) in [5, 5.41) is 10.6. The van der Waals surface area contributed by atoms with Gasteiger partial charge in [-0.25, -0.2) is 4.98 Å². The lowest BCUT2D eigenvalue weighted by Gasteiger charge is -2.05. The molecular weight excluding hydrogens is 188 g/mol. The summed E-state index contributed by atoms with van der Waals surface area (Å²) in [6.07, 6.45) is 0. The number of pyridine rings is 1. The highest BCUT2D eigenvalue weighted by Crippen LogP contribution is 2.32. The van der Waals surface area contributed by atoms with Crippen molar-refractivity contribution in [3.8, 4) is 5.75 Å². The molecule has 0 aliphatic heterocycles. The summed E-state index contributed by atoms with van der Waals surface area (Å²) in [5.74, 6) is -0.0995. The molecule has 1 rings (SSSR count). The largest absolute Gasteiger partial charge is 0.487 e. The van der Waals surface area contributed by atoms with Crippen molar-refractivity contribution >= 4 is 17.3 Å². The van der Waals surface area contributed by atoms with E-state index >= 15 is 0 Å². The van der Waals surface area contributed by atoms with Gasteiger partial charge < -0.3 is 16.2 Å². The molecule has 0 saturated carbocycles. The Labute approximate surface area is 79.8 Å². The summed E-state index contributed by atoms with van der Waals surface area (Å²) in [5.41, 5.74) is 10.4. The molecule has 4 N–H and O–H groups in total. The number of nitrogen functional groups attached to an aromatic ring is 2. The van der Waals surface area contributed by atoms with E-state index < -0.39 is 4.92 Å². The van der Waals surface area contributed by atoms with Crippen molar-refractivity contribution in [1.29, 1.82) is 0 Å². The van der Waals surface area contributed by atoms with Gasteiger partial charge in [0.05, 0.1) is 11.5 Å². The Bertz CT molecular complexity index is 366. The van der Waals surface area contributed by atoms with Crippen LogP contribution in [0.1, 0.15) is 6.92 Å². The van der Waals surface area contributed by atoms with Crippen LogP contribution in [-0.4, -0.2) is 16.5 Å². The van der Waals surface area contributed by atoms with Gasteiger partial charge in [-0.1, -0.05) is 0 Å². The second kappa shape index (κ2) is 3.77. The Balaban J connectivity index is 3.28. The maximum absolute atomic E-state index is 10.6. The molecule has 7 nitrogen and oxygen atoms in total. The van der Waals surface area contributed by atoms with Crippen LogP contribution >= 0.6 is 0 Å². The monoisotopic (exact) mass is 198 g/mol. The van der Waals surface area contributed by atoms with E-state index in [0.717, 1.165) is 0 Å². The quantitative estimate of drug-likeness (QED) is 0.541. The first-order valence-electron chi connectivity index (χ1n) is 3.89. The number of nitrogens with zero attached hydrogens (tertiary/aromatic N) is 2. The summed E-state index contributed by atoms with van der Waals surface area (Å²) >= 11 is 0. The Morgan fingerprint density at radius 1 is 1.64 bits per heavy atom. The molecule has 1 aromatic rings. The third-order valence-corrected chi connectivity index (χ3v) is 1.49. The lowest BCUT2D eigenvalue weighted by Crippen LogP contribution is -2.05. The van der Waals surface area contributed by atoms with Gasteiger partial charge in [0, 0.05) is 6.07 Å². The van der Waals surface area contributed by atoms with Crippen LogP contribution in [0.15, 0.2) is 6.07 Å². The fraction of sp³-hybridized carbons (Fsp3) is 0.286. The molecule has 0 amide bonds. The molecule has 76 valence electrons. The number of aromatic nitrogens is 1. The maximum Gasteiger partial charge on any atom is 0.352 e. The maximum atomic E-state index is 10.6. The van der Waals surface area contributed by atoms with Crippen molar-refractivity contribution in [3.63, 3.8) is 0 Å². The Morgan fingerprint density at radius 2 is 2.29 bits per heavy atom. The van der Waals surface area contributed by atoms with E-state index in [-0.39, 0.29) is 23.1 Å². The molecule has 0 bridgehead atoms. The van der Waals surface area contributed by atoms with Gasteiger partial charge in [0.15, 0.2) is 0 Å². The van der Waals surface area contributed by atoms with Crippen LogP contribution in [0.3, 0.4) is 0 Å². The van der Waals surface area contributed by atoms with Crippen molar-refractivity contribution in [2.45, 2.75) is 6.92 Å². The molecule has 0 radical (unpaired) electrons. The SMILES string of the molecule is CCOc1cc(N)nc(N)c1[N+](=O)[O-]. The van der Waals surface area contributed by atoms with Gasteiger partial charge in [-0.05, 0) is 6.92 Å². The molecule has 0 atom stereocenters. The predicted octanol–water partition coefficient (Wildman–Crippen LogP) is 0.553. The number of rotatable bonds is 3. The number of anilines is 2. The third-order valence-electron chi connectivity index (χ3n) is 1.49. The first-order chi connectivity index (χ1) is 6.56. The molecule has 0 aliphatic rings. The van der Waals surface area contributed by atoms with Crippen LogP contribution in [0.25, 0.3) is 0 Å². The van der Waals surface area contributed by atoms with E-state index in [1.54, 1.807) is 6.92 Å². The van der Waals surface area contributed by atoms with Gasteiger partial charge in [-0.3, -0.25) is 10.1 Å². The lowest BCUT2D eigenvalue weighted by atomic mass is 10.3. The molecule has 7 heteroatoms. The first-order valence-corrected chi connectivity index (χ1v) is 3.89. The van der Waals surface area contributed by atoms with Crippen molar-refractivity contribution in [3.05, 3.63) is 16.2 Å². The lowest BCUT2D eigenvalue weighted by molar-refractivity contribution is -0.385. The van der Waals surface area contributed by atoms with Crippen molar-refractivity contribution in [2.24, 2.45) is 0 Å². The minimum absolute atomic E-state index is 0.0440. The molecule has 0 unspecified atom stereocenters. The highest BCUT2D eigenvalue weighted by molar-refractivity contribution is 5.65. The summed E-state index contributed by atoms with van der Waals surface area (Å²) < 4.78 is 5.02. The average molecular weight is 198 g/mol. The van der Waals surface area contributed by atoms with Gasteiger partial charge in [-0.2, -0.15) is 0 Å². The minimum Gasteiger partial charge on any atom is -0.487 e. The van der Waals surface area contributed by atoms with E-state index in [2.05, 4.69) is 4.98 Å². The van der Waals surface area contributed by atoms with E-state index in [1.807, 2.05) is 0 Å². The normalized spacial score (nSPS) is 9.79. The highest BCUT2D eigenvalue weighted by Gasteiger charge is 2.21. The average Bonchev–Trinajstić information content (AvgIpc) is 2.01. The predicted molar refractivity (Wildman–Crippen MR) is 50.9 cm³/mol. The van der Waals surface area contributed by atoms with Crippen LogP contribution in [0, 0.1) is 10.1 Å². The second-order valence-corrected chi connectivity index (χ2v) is 2.47. The minimum atomic E-state index is -0.646. The van der Waals surface area contributed by atoms with Gasteiger partial charge in [-0.15, -0.1) is 0 Å². The van der Waals surface area contributed by atoms with Crippen molar-refractivity contribution in [2.75, 3.05) is 18.1 Å². The molecule has 1 heterocycles. The molecule has 1 aromatic heterocycles. The molecule has 0 saturated heterocycles. The summed E-state index contributed by atoms with van der Waals surface area (Å²) in [4.78, 5) is 13.5. The summed E-state index contributed by atoms with van der Waals surface area (Å²) in [6.45, 7) is 2.00. The number of hydrogen-bond acceptors (Lipinski definition) is 6. The van der Waals surface area contributed by atoms with Crippen LogP contribution in [-0.2, 0) is 0 Å². The highest BCUT2D eigenvalue weighted by atomic mass is 16.6. The smallest absolute Gasteiger partial charge is 0.352 e. The van der Waals surface area contributed by atoms with E-state index in [0.29, 0.717) is 6.61 Å². The molecular formula is C7H10N4O3. The van der Waals surface area contributed by atoms with E-state index in [4.69, 9.17) is 16.2 Å². The first kappa shape index (κ1) is 10.0. The Morgan fingerprint density at radius 3 is 2.79 bits per heavy atom. The summed E-state index contributed by atoms with van der Waals surface area (Å²) in [7, 11) is 0. The number of nitro groups is 1. The van der Waals surface area contributed by atoms with Gasteiger partial charge in [0.1, 0.15) is 5.82 Å². The number of ether oxygens (including phenoxy) is 1. The molecule has 0 aliphatic carbocycles. The summed E-state index contributed by atoms with van der Waals surface area (Å²) in [6, 6.07) is 1.28. The fourth-order valence-corrected chi connectivity index (χ4v) is 1.00. The zero-order chi connectivity index (χ0) is 10.7. The van der Waals surface area contributed by atoms with E-state index in [1.165, 1.54) is 6.07 Å².